The number of nitrogens with zero attached hydrogens (tertiary/aromatic N) is 3. The molecule has 0 unspecified atom stereocenters. The molecule has 2 aromatic carbocycles. The summed E-state index contributed by atoms with van der Waals surface area (Å²) >= 11 is 1.52. The summed E-state index contributed by atoms with van der Waals surface area (Å²) in [4.78, 5) is 13.0. The van der Waals surface area contributed by atoms with Crippen LogP contribution in [-0.4, -0.2) is 15.0 Å². The Morgan fingerprint density at radius 3 is 2.75 bits per heavy atom. The maximum absolute atomic E-state index is 5.88. The molecule has 0 aliphatic heterocycles. The Balaban J connectivity index is 1.53. The first-order valence-electron chi connectivity index (χ1n) is 7.64. The van der Waals surface area contributed by atoms with E-state index in [-0.39, 0.29) is 0 Å². The number of hydrogen-bond acceptors (Lipinski definition) is 5. The number of hydrogen-bond donors (Lipinski definition) is 0. The Hall–Kier alpha value is -2.66. The molecular formula is C19H15N3OS. The predicted octanol–water partition coefficient (Wildman–Crippen LogP) is 4.89. The molecule has 0 fully saturated rings. The van der Waals surface area contributed by atoms with Crippen molar-refractivity contribution in [2.75, 3.05) is 0 Å². The third-order valence-electron chi connectivity index (χ3n) is 3.69. The van der Waals surface area contributed by atoms with Gasteiger partial charge >= 0.3 is 0 Å². The fraction of sp³-hybridized carbons (Fsp3) is 0.105. The molecule has 0 atom stereocenters. The van der Waals surface area contributed by atoms with Gasteiger partial charge in [-0.2, -0.15) is 0 Å². The second kappa shape index (κ2) is 6.45. The van der Waals surface area contributed by atoms with E-state index in [1.54, 1.807) is 12.4 Å². The summed E-state index contributed by atoms with van der Waals surface area (Å²) in [5, 5.41) is 3.14. The molecule has 2 heterocycles. The van der Waals surface area contributed by atoms with Crippen molar-refractivity contribution in [2.24, 2.45) is 0 Å². The molecule has 24 heavy (non-hydrogen) atoms. The first kappa shape index (κ1) is 14.9. The van der Waals surface area contributed by atoms with E-state index in [1.165, 1.54) is 22.5 Å². The van der Waals surface area contributed by atoms with Gasteiger partial charge in [0.1, 0.15) is 0 Å². The van der Waals surface area contributed by atoms with Gasteiger partial charge in [-0.25, -0.2) is 15.0 Å². The molecule has 0 N–H and O–H groups in total. The Morgan fingerprint density at radius 1 is 1.00 bits per heavy atom. The van der Waals surface area contributed by atoms with Gasteiger partial charge in [0.05, 0.1) is 11.9 Å². The van der Waals surface area contributed by atoms with E-state index in [0.717, 1.165) is 22.2 Å². The Labute approximate surface area is 144 Å². The molecule has 0 bridgehead atoms. The zero-order chi connectivity index (χ0) is 16.4. The lowest BCUT2D eigenvalue weighted by molar-refractivity contribution is 0.530. The molecule has 0 amide bonds. The van der Waals surface area contributed by atoms with Crippen molar-refractivity contribution in [3.05, 3.63) is 72.5 Å². The van der Waals surface area contributed by atoms with Gasteiger partial charge < -0.3 is 4.42 Å². The predicted molar refractivity (Wildman–Crippen MR) is 95.8 cm³/mol. The van der Waals surface area contributed by atoms with Crippen LogP contribution in [0.2, 0.25) is 0 Å². The van der Waals surface area contributed by atoms with E-state index in [4.69, 9.17) is 4.42 Å². The summed E-state index contributed by atoms with van der Waals surface area (Å²) in [6.07, 6.45) is 3.54. The van der Waals surface area contributed by atoms with Crippen molar-refractivity contribution in [3.63, 3.8) is 0 Å². The summed E-state index contributed by atoms with van der Waals surface area (Å²) in [5.74, 6) is 2.06. The summed E-state index contributed by atoms with van der Waals surface area (Å²) in [7, 11) is 0. The van der Waals surface area contributed by atoms with Gasteiger partial charge in [0.2, 0.25) is 5.89 Å². The van der Waals surface area contributed by atoms with E-state index in [1.807, 2.05) is 25.1 Å². The molecule has 4 aromatic rings. The lowest BCUT2D eigenvalue weighted by Crippen LogP contribution is -1.89. The van der Waals surface area contributed by atoms with Crippen molar-refractivity contribution in [1.82, 2.24) is 15.0 Å². The van der Waals surface area contributed by atoms with Crippen LogP contribution < -0.4 is 0 Å². The van der Waals surface area contributed by atoms with Gasteiger partial charge in [-0.3, -0.25) is 0 Å². The summed E-state index contributed by atoms with van der Waals surface area (Å²) in [5.41, 5.74) is 1.99. The van der Waals surface area contributed by atoms with Crippen molar-refractivity contribution < 1.29 is 4.42 Å². The molecule has 4 rings (SSSR count). The number of thioether (sulfide) groups is 1. The maximum atomic E-state index is 5.88. The monoisotopic (exact) mass is 333 g/mol. The van der Waals surface area contributed by atoms with E-state index in [0.29, 0.717) is 11.6 Å². The fourth-order valence-corrected chi connectivity index (χ4v) is 3.20. The lowest BCUT2D eigenvalue weighted by atomic mass is 10.1. The summed E-state index contributed by atoms with van der Waals surface area (Å²) < 4.78 is 5.88. The minimum atomic E-state index is 0.608. The molecule has 0 aliphatic carbocycles. The van der Waals surface area contributed by atoms with Crippen LogP contribution in [0.25, 0.3) is 22.1 Å². The van der Waals surface area contributed by atoms with Crippen molar-refractivity contribution in [2.45, 2.75) is 17.8 Å². The van der Waals surface area contributed by atoms with Crippen LogP contribution in [0.5, 0.6) is 0 Å². The standard InChI is InChI=1S/C19H15N3OS/c1-13-8-9-20-19(22-13)24-12-18-21-11-17(23-18)16-7-6-14-4-2-3-5-15(14)10-16/h2-11H,12H2,1H3. The Bertz CT molecular complexity index is 997. The van der Waals surface area contributed by atoms with Crippen LogP contribution in [0, 0.1) is 6.92 Å². The number of benzene rings is 2. The second-order valence-corrected chi connectivity index (χ2v) is 6.39. The molecular weight excluding hydrogens is 318 g/mol. The molecule has 0 radical (unpaired) electrons. The molecule has 0 aliphatic rings. The van der Waals surface area contributed by atoms with Gasteiger partial charge in [0.15, 0.2) is 10.9 Å². The second-order valence-electron chi connectivity index (χ2n) is 5.45. The molecule has 118 valence electrons. The quantitative estimate of drug-likeness (QED) is 0.393. The average Bonchev–Trinajstić information content (AvgIpc) is 3.09. The van der Waals surface area contributed by atoms with Gasteiger partial charge in [-0.05, 0) is 29.8 Å². The van der Waals surface area contributed by atoms with E-state index < -0.39 is 0 Å². The minimum absolute atomic E-state index is 0.608. The number of aromatic nitrogens is 3. The van der Waals surface area contributed by atoms with Crippen molar-refractivity contribution in [3.8, 4) is 11.3 Å². The summed E-state index contributed by atoms with van der Waals surface area (Å²) in [6.45, 7) is 1.95. The highest BCUT2D eigenvalue weighted by atomic mass is 32.2. The number of fused-ring (bicyclic) bond motifs is 1. The molecule has 2 aromatic heterocycles. The van der Waals surface area contributed by atoms with E-state index in [9.17, 15) is 0 Å². The van der Waals surface area contributed by atoms with Crippen molar-refractivity contribution in [1.29, 1.82) is 0 Å². The number of rotatable bonds is 4. The highest BCUT2D eigenvalue weighted by molar-refractivity contribution is 7.98. The Morgan fingerprint density at radius 2 is 1.88 bits per heavy atom. The zero-order valence-corrected chi connectivity index (χ0v) is 14.0. The number of oxazole rings is 1. The maximum Gasteiger partial charge on any atom is 0.205 e. The normalized spacial score (nSPS) is 11.0. The lowest BCUT2D eigenvalue weighted by Gasteiger charge is -2.01. The first-order valence-corrected chi connectivity index (χ1v) is 8.63. The van der Waals surface area contributed by atoms with Crippen LogP contribution in [0.4, 0.5) is 0 Å². The third kappa shape index (κ3) is 3.16. The Kier molecular flexibility index (Phi) is 4.01. The smallest absolute Gasteiger partial charge is 0.205 e. The highest BCUT2D eigenvalue weighted by Gasteiger charge is 2.08. The zero-order valence-electron chi connectivity index (χ0n) is 13.1. The van der Waals surface area contributed by atoms with E-state index >= 15 is 0 Å². The van der Waals surface area contributed by atoms with Crippen molar-refractivity contribution >= 4 is 22.5 Å². The first-order chi connectivity index (χ1) is 11.8. The van der Waals surface area contributed by atoms with Crippen LogP contribution >= 0.6 is 11.8 Å². The van der Waals surface area contributed by atoms with Gasteiger partial charge in [-0.15, -0.1) is 0 Å². The fourth-order valence-electron chi connectivity index (χ4n) is 2.47. The van der Waals surface area contributed by atoms with Gasteiger partial charge in [0.25, 0.3) is 0 Å². The van der Waals surface area contributed by atoms with Crippen LogP contribution in [0.1, 0.15) is 11.6 Å². The number of aryl methyl sites for hydroxylation is 1. The van der Waals surface area contributed by atoms with Gasteiger partial charge in [0, 0.05) is 17.5 Å². The third-order valence-corrected chi connectivity index (χ3v) is 4.53. The van der Waals surface area contributed by atoms with E-state index in [2.05, 4.69) is 45.3 Å². The summed E-state index contributed by atoms with van der Waals surface area (Å²) in [6, 6.07) is 16.4. The average molecular weight is 333 g/mol. The minimum Gasteiger partial charge on any atom is -0.440 e. The van der Waals surface area contributed by atoms with Crippen LogP contribution in [0.3, 0.4) is 0 Å². The molecule has 4 nitrogen and oxygen atoms in total. The highest BCUT2D eigenvalue weighted by Crippen LogP contribution is 2.27. The molecule has 5 heteroatoms. The largest absolute Gasteiger partial charge is 0.440 e. The topological polar surface area (TPSA) is 51.8 Å². The molecule has 0 saturated heterocycles. The van der Waals surface area contributed by atoms with Crippen LogP contribution in [-0.2, 0) is 5.75 Å². The van der Waals surface area contributed by atoms with Gasteiger partial charge in [-0.1, -0.05) is 48.2 Å². The van der Waals surface area contributed by atoms with Crippen LogP contribution in [0.15, 0.2) is 70.5 Å². The molecule has 0 spiro atoms. The SMILES string of the molecule is Cc1ccnc(SCc2ncc(-c3ccc4ccccc4c3)o2)n1. The molecule has 0 saturated carbocycles.